The highest BCUT2D eigenvalue weighted by Crippen LogP contribution is 2.18. The molecule has 0 fully saturated rings. The van der Waals surface area contributed by atoms with Crippen molar-refractivity contribution in [3.8, 4) is 0 Å². The van der Waals surface area contributed by atoms with Gasteiger partial charge in [-0.2, -0.15) is 0 Å². The zero-order valence-corrected chi connectivity index (χ0v) is 18.8. The number of rotatable bonds is 8. The van der Waals surface area contributed by atoms with Crippen LogP contribution in [0.5, 0.6) is 0 Å². The molecule has 0 bridgehead atoms. The number of carbonyl (C=O) groups excluding carboxylic acids is 3. The number of esters is 1. The van der Waals surface area contributed by atoms with Crippen molar-refractivity contribution < 1.29 is 23.5 Å². The van der Waals surface area contributed by atoms with Gasteiger partial charge in [-0.15, -0.1) is 0 Å². The van der Waals surface area contributed by atoms with Gasteiger partial charge in [0, 0.05) is 6.08 Å². The Bertz CT molecular complexity index is 1120. The summed E-state index contributed by atoms with van der Waals surface area (Å²) in [5.74, 6) is -1.14. The van der Waals surface area contributed by atoms with Crippen molar-refractivity contribution in [1.82, 2.24) is 5.32 Å². The van der Waals surface area contributed by atoms with Crippen molar-refractivity contribution in [1.29, 1.82) is 0 Å². The Morgan fingerprint density at radius 1 is 1.03 bits per heavy atom. The van der Waals surface area contributed by atoms with E-state index in [1.54, 1.807) is 36.4 Å². The van der Waals surface area contributed by atoms with Gasteiger partial charge in [0.15, 0.2) is 11.3 Å². The van der Waals surface area contributed by atoms with Crippen LogP contribution in [0.4, 0.5) is 5.69 Å². The maximum absolute atomic E-state index is 12.7. The Kier molecular flexibility index (Phi) is 7.99. The van der Waals surface area contributed by atoms with Gasteiger partial charge in [-0.3, -0.25) is 9.59 Å². The molecule has 0 aliphatic carbocycles. The highest BCUT2D eigenvalue weighted by molar-refractivity contribution is 9.10. The van der Waals surface area contributed by atoms with Crippen LogP contribution >= 0.6 is 15.9 Å². The standard InChI is InChI=1S/C24H21BrN2O5/c1-16(17-7-3-2-4-8-17)26-24(30)19-9-5-6-10-20(19)27-22(28)15-31-23(29)14-12-18-11-13-21(25)32-18/h2-14,16H,15H2,1H3,(H,26,30)(H,27,28)/b14-12+. The molecule has 8 heteroatoms. The van der Waals surface area contributed by atoms with Gasteiger partial charge >= 0.3 is 5.97 Å². The highest BCUT2D eigenvalue weighted by atomic mass is 79.9. The average molecular weight is 497 g/mol. The van der Waals surface area contributed by atoms with Crippen LogP contribution in [0, 0.1) is 0 Å². The number of ether oxygens (including phenoxy) is 1. The van der Waals surface area contributed by atoms with Crippen molar-refractivity contribution in [2.45, 2.75) is 13.0 Å². The Hall–Kier alpha value is -3.65. The van der Waals surface area contributed by atoms with Crippen LogP contribution in [-0.2, 0) is 14.3 Å². The first-order valence-electron chi connectivity index (χ1n) is 9.77. The van der Waals surface area contributed by atoms with Crippen LogP contribution < -0.4 is 10.6 Å². The predicted octanol–water partition coefficient (Wildman–Crippen LogP) is 4.73. The molecule has 32 heavy (non-hydrogen) atoms. The Morgan fingerprint density at radius 2 is 1.75 bits per heavy atom. The van der Waals surface area contributed by atoms with Crippen molar-refractivity contribution in [2.75, 3.05) is 11.9 Å². The molecule has 2 aromatic carbocycles. The van der Waals surface area contributed by atoms with Gasteiger partial charge in [-0.05, 0) is 58.8 Å². The number of para-hydroxylation sites is 1. The van der Waals surface area contributed by atoms with E-state index in [1.807, 2.05) is 37.3 Å². The van der Waals surface area contributed by atoms with Crippen LogP contribution in [-0.4, -0.2) is 24.4 Å². The van der Waals surface area contributed by atoms with Crippen molar-refractivity contribution in [3.05, 3.63) is 94.4 Å². The third-order valence-electron chi connectivity index (χ3n) is 4.42. The summed E-state index contributed by atoms with van der Waals surface area (Å²) in [6.45, 7) is 1.38. The normalized spacial score (nSPS) is 11.7. The van der Waals surface area contributed by atoms with Crippen molar-refractivity contribution >= 4 is 45.5 Å². The number of carbonyl (C=O) groups is 3. The number of anilines is 1. The van der Waals surface area contributed by atoms with Crippen LogP contribution in [0.25, 0.3) is 6.08 Å². The highest BCUT2D eigenvalue weighted by Gasteiger charge is 2.16. The molecule has 1 unspecified atom stereocenters. The third-order valence-corrected chi connectivity index (χ3v) is 4.84. The molecule has 0 radical (unpaired) electrons. The fourth-order valence-electron chi connectivity index (χ4n) is 2.83. The van der Waals surface area contributed by atoms with Gasteiger partial charge in [-0.25, -0.2) is 4.79 Å². The second-order valence-corrected chi connectivity index (χ2v) is 7.56. The van der Waals surface area contributed by atoms with Crippen LogP contribution in [0.2, 0.25) is 0 Å². The van der Waals surface area contributed by atoms with E-state index < -0.39 is 18.5 Å². The summed E-state index contributed by atoms with van der Waals surface area (Å²) >= 11 is 3.16. The minimum atomic E-state index is -0.699. The second kappa shape index (κ2) is 11.1. The lowest BCUT2D eigenvalue weighted by molar-refractivity contribution is -0.142. The summed E-state index contributed by atoms with van der Waals surface area (Å²) in [5, 5.41) is 5.52. The second-order valence-electron chi connectivity index (χ2n) is 6.78. The smallest absolute Gasteiger partial charge is 0.331 e. The van der Waals surface area contributed by atoms with Gasteiger partial charge in [0.05, 0.1) is 17.3 Å². The lowest BCUT2D eigenvalue weighted by atomic mass is 10.1. The SMILES string of the molecule is CC(NC(=O)c1ccccc1NC(=O)COC(=O)/C=C/c1ccc(Br)o1)c1ccccc1. The molecular formula is C24H21BrN2O5. The number of nitrogens with one attached hydrogen (secondary N) is 2. The average Bonchev–Trinajstić information content (AvgIpc) is 3.22. The number of hydrogen-bond donors (Lipinski definition) is 2. The van der Waals surface area contributed by atoms with E-state index >= 15 is 0 Å². The largest absolute Gasteiger partial charge is 0.452 e. The summed E-state index contributed by atoms with van der Waals surface area (Å²) in [5.41, 5.74) is 1.59. The fraction of sp³-hybridized carbons (Fsp3) is 0.125. The number of hydrogen-bond acceptors (Lipinski definition) is 5. The summed E-state index contributed by atoms with van der Waals surface area (Å²) < 4.78 is 10.7. The number of amides is 2. The minimum Gasteiger partial charge on any atom is -0.452 e. The Morgan fingerprint density at radius 3 is 2.47 bits per heavy atom. The molecule has 164 valence electrons. The zero-order valence-electron chi connectivity index (χ0n) is 17.2. The lowest BCUT2D eigenvalue weighted by Gasteiger charge is -2.16. The van der Waals surface area contributed by atoms with E-state index in [9.17, 15) is 14.4 Å². The molecule has 0 spiro atoms. The van der Waals surface area contributed by atoms with E-state index in [1.165, 1.54) is 6.08 Å². The van der Waals surface area contributed by atoms with Gasteiger partial charge in [0.2, 0.25) is 0 Å². The molecule has 2 N–H and O–H groups in total. The minimum absolute atomic E-state index is 0.213. The van der Waals surface area contributed by atoms with E-state index in [-0.39, 0.29) is 11.9 Å². The molecule has 1 atom stereocenters. The van der Waals surface area contributed by atoms with Gasteiger partial charge in [0.25, 0.3) is 11.8 Å². The Balaban J connectivity index is 1.55. The lowest BCUT2D eigenvalue weighted by Crippen LogP contribution is -2.28. The maximum Gasteiger partial charge on any atom is 0.331 e. The first-order chi connectivity index (χ1) is 15.4. The predicted molar refractivity (Wildman–Crippen MR) is 124 cm³/mol. The monoisotopic (exact) mass is 496 g/mol. The summed E-state index contributed by atoms with van der Waals surface area (Å²) in [6, 6.07) is 19.3. The summed E-state index contributed by atoms with van der Waals surface area (Å²) in [4.78, 5) is 36.8. The van der Waals surface area contributed by atoms with Crippen LogP contribution in [0.1, 0.15) is 34.6 Å². The maximum atomic E-state index is 12.7. The number of halogens is 1. The molecule has 1 heterocycles. The van der Waals surface area contributed by atoms with E-state index in [0.717, 1.165) is 11.6 Å². The van der Waals surface area contributed by atoms with Gasteiger partial charge < -0.3 is 19.8 Å². The van der Waals surface area contributed by atoms with E-state index in [4.69, 9.17) is 9.15 Å². The molecular weight excluding hydrogens is 476 g/mol. The van der Waals surface area contributed by atoms with Crippen molar-refractivity contribution in [2.24, 2.45) is 0 Å². The summed E-state index contributed by atoms with van der Waals surface area (Å²) in [6.07, 6.45) is 2.59. The number of furan rings is 1. The third kappa shape index (κ3) is 6.68. The molecule has 2 amide bonds. The molecule has 0 saturated heterocycles. The molecule has 0 aliphatic rings. The Labute approximate surface area is 193 Å². The van der Waals surface area contributed by atoms with Crippen molar-refractivity contribution in [3.63, 3.8) is 0 Å². The van der Waals surface area contributed by atoms with Crippen LogP contribution in [0.3, 0.4) is 0 Å². The van der Waals surface area contributed by atoms with Gasteiger partial charge in [-0.1, -0.05) is 42.5 Å². The number of benzene rings is 2. The summed E-state index contributed by atoms with van der Waals surface area (Å²) in [7, 11) is 0. The van der Waals surface area contributed by atoms with Crippen LogP contribution in [0.15, 0.2) is 81.9 Å². The fourth-order valence-corrected chi connectivity index (χ4v) is 3.15. The topological polar surface area (TPSA) is 97.6 Å². The first-order valence-corrected chi connectivity index (χ1v) is 10.6. The van der Waals surface area contributed by atoms with E-state index in [2.05, 4.69) is 26.6 Å². The quantitative estimate of drug-likeness (QED) is 0.347. The van der Waals surface area contributed by atoms with Gasteiger partial charge in [0.1, 0.15) is 5.76 Å². The molecule has 3 aromatic rings. The van der Waals surface area contributed by atoms with E-state index in [0.29, 0.717) is 21.7 Å². The first kappa shape index (κ1) is 23.0. The zero-order chi connectivity index (χ0) is 22.9. The molecule has 0 aliphatic heterocycles. The molecule has 0 saturated carbocycles. The molecule has 1 aromatic heterocycles. The molecule has 7 nitrogen and oxygen atoms in total. The molecule has 3 rings (SSSR count).